The molecule has 2 N–H and O–H groups in total. The largest absolute Gasteiger partial charge is 0.423 e. The van der Waals surface area contributed by atoms with Gasteiger partial charge in [-0.1, -0.05) is 41.9 Å². The zero-order valence-corrected chi connectivity index (χ0v) is 21.1. The summed E-state index contributed by atoms with van der Waals surface area (Å²) < 4.78 is 8.27. The molecule has 2 amide bonds. The highest BCUT2D eigenvalue weighted by molar-refractivity contribution is 6.39. The predicted octanol–water partition coefficient (Wildman–Crippen LogP) is 3.45. The van der Waals surface area contributed by atoms with E-state index >= 15 is 0 Å². The molecule has 11 heteroatoms. The van der Waals surface area contributed by atoms with Gasteiger partial charge in [-0.05, 0) is 61.0 Å². The molecule has 192 valence electrons. The maximum atomic E-state index is 12.9. The Balaban J connectivity index is 1.35. The van der Waals surface area contributed by atoms with Gasteiger partial charge < -0.3 is 10.1 Å². The SMILES string of the molecule is Cc1c(NC(=O)C(=O)N/N=C/c2ccc(OC(=O)c3ccccc3Cl)cc2)c(=O)n(-c2ccccc2)n1C. The van der Waals surface area contributed by atoms with Crippen molar-refractivity contribution in [1.82, 2.24) is 14.8 Å². The minimum absolute atomic E-state index is 0.0117. The zero-order chi connectivity index (χ0) is 27.2. The number of nitrogens with one attached hydrogen (secondary N) is 2. The molecule has 4 rings (SSSR count). The number of nitrogens with zero attached hydrogens (tertiary/aromatic N) is 3. The first kappa shape index (κ1) is 26.1. The Morgan fingerprint density at radius 1 is 0.921 bits per heavy atom. The number of para-hydroxylation sites is 1. The fourth-order valence-electron chi connectivity index (χ4n) is 3.51. The number of carbonyl (C=O) groups is 3. The summed E-state index contributed by atoms with van der Waals surface area (Å²) >= 11 is 6.01. The fourth-order valence-corrected chi connectivity index (χ4v) is 3.72. The van der Waals surface area contributed by atoms with Gasteiger partial charge in [0, 0.05) is 7.05 Å². The minimum atomic E-state index is -1.06. The van der Waals surface area contributed by atoms with Crippen molar-refractivity contribution in [2.45, 2.75) is 6.92 Å². The first-order chi connectivity index (χ1) is 18.3. The lowest BCUT2D eigenvalue weighted by molar-refractivity contribution is -0.136. The number of rotatable bonds is 6. The fraction of sp³-hybridized carbons (Fsp3) is 0.0741. The van der Waals surface area contributed by atoms with Crippen LogP contribution in [0.2, 0.25) is 5.02 Å². The Kier molecular flexibility index (Phi) is 7.83. The average Bonchev–Trinajstić information content (AvgIpc) is 3.13. The normalized spacial score (nSPS) is 10.8. The molecular weight excluding hydrogens is 510 g/mol. The third kappa shape index (κ3) is 5.71. The van der Waals surface area contributed by atoms with Gasteiger partial charge in [0.05, 0.1) is 28.2 Å². The summed E-state index contributed by atoms with van der Waals surface area (Å²) in [4.78, 5) is 49.8. The van der Waals surface area contributed by atoms with Crippen LogP contribution >= 0.6 is 11.6 Å². The van der Waals surface area contributed by atoms with Crippen molar-refractivity contribution in [3.05, 3.63) is 111 Å². The first-order valence-corrected chi connectivity index (χ1v) is 11.7. The van der Waals surface area contributed by atoms with Gasteiger partial charge in [0.2, 0.25) is 0 Å². The zero-order valence-electron chi connectivity index (χ0n) is 20.3. The van der Waals surface area contributed by atoms with Crippen molar-refractivity contribution >= 4 is 41.3 Å². The lowest BCUT2D eigenvalue weighted by atomic mass is 10.2. The number of amides is 2. The highest BCUT2D eigenvalue weighted by Gasteiger charge is 2.21. The van der Waals surface area contributed by atoms with Crippen LogP contribution in [0.25, 0.3) is 5.69 Å². The molecule has 0 atom stereocenters. The van der Waals surface area contributed by atoms with Crippen LogP contribution in [0, 0.1) is 6.92 Å². The van der Waals surface area contributed by atoms with Crippen molar-refractivity contribution in [2.24, 2.45) is 12.1 Å². The van der Waals surface area contributed by atoms with E-state index in [9.17, 15) is 19.2 Å². The van der Waals surface area contributed by atoms with E-state index in [0.29, 0.717) is 16.9 Å². The molecule has 10 nitrogen and oxygen atoms in total. The van der Waals surface area contributed by atoms with Crippen molar-refractivity contribution in [3.8, 4) is 11.4 Å². The number of anilines is 1. The van der Waals surface area contributed by atoms with Gasteiger partial charge in [0.1, 0.15) is 11.4 Å². The molecule has 0 aliphatic rings. The summed E-state index contributed by atoms with van der Waals surface area (Å²) in [5.74, 6) is -2.41. The van der Waals surface area contributed by atoms with Gasteiger partial charge in [0.25, 0.3) is 5.56 Å². The molecule has 0 aliphatic carbocycles. The molecule has 3 aromatic carbocycles. The number of aromatic nitrogens is 2. The molecule has 0 fully saturated rings. The Labute approximate surface area is 222 Å². The summed E-state index contributed by atoms with van der Waals surface area (Å²) in [7, 11) is 1.67. The van der Waals surface area contributed by atoms with E-state index in [0.717, 1.165) is 0 Å². The average molecular weight is 532 g/mol. The highest BCUT2D eigenvalue weighted by atomic mass is 35.5. The van der Waals surface area contributed by atoms with Crippen LogP contribution in [0.15, 0.2) is 88.8 Å². The summed E-state index contributed by atoms with van der Waals surface area (Å²) in [6.45, 7) is 1.65. The Hall–Kier alpha value is -4.96. The van der Waals surface area contributed by atoms with Crippen molar-refractivity contribution in [1.29, 1.82) is 0 Å². The third-order valence-electron chi connectivity index (χ3n) is 5.56. The molecule has 0 saturated carbocycles. The molecule has 1 heterocycles. The highest BCUT2D eigenvalue weighted by Crippen LogP contribution is 2.19. The summed E-state index contributed by atoms with van der Waals surface area (Å²) in [6.07, 6.45) is 1.31. The number of ether oxygens (including phenoxy) is 1. The first-order valence-electron chi connectivity index (χ1n) is 11.3. The molecule has 0 saturated heterocycles. The van der Waals surface area contributed by atoms with Crippen LogP contribution in [0.4, 0.5) is 5.69 Å². The smallest absolute Gasteiger partial charge is 0.345 e. The third-order valence-corrected chi connectivity index (χ3v) is 5.89. The van der Waals surface area contributed by atoms with E-state index in [-0.39, 0.29) is 22.0 Å². The summed E-state index contributed by atoms with van der Waals surface area (Å²) in [5.41, 5.74) is 3.52. The van der Waals surface area contributed by atoms with Gasteiger partial charge in [-0.3, -0.25) is 19.1 Å². The van der Waals surface area contributed by atoms with Gasteiger partial charge in [-0.15, -0.1) is 0 Å². The lowest BCUT2D eigenvalue weighted by Crippen LogP contribution is -2.34. The molecule has 1 aromatic heterocycles. The van der Waals surface area contributed by atoms with Crippen LogP contribution in [0.3, 0.4) is 0 Å². The molecule has 4 aromatic rings. The van der Waals surface area contributed by atoms with Crippen LogP contribution in [-0.4, -0.2) is 33.4 Å². The maximum absolute atomic E-state index is 12.9. The number of halogens is 1. The number of carbonyl (C=O) groups excluding carboxylic acids is 3. The molecule has 0 bridgehead atoms. The molecule has 0 aliphatic heterocycles. The minimum Gasteiger partial charge on any atom is -0.423 e. The number of benzene rings is 3. The van der Waals surface area contributed by atoms with Crippen LogP contribution in [-0.2, 0) is 16.6 Å². The lowest BCUT2D eigenvalue weighted by Gasteiger charge is -2.07. The summed E-state index contributed by atoms with van der Waals surface area (Å²) in [5, 5.41) is 6.42. The monoisotopic (exact) mass is 531 g/mol. The van der Waals surface area contributed by atoms with Crippen molar-refractivity contribution < 1.29 is 19.1 Å². The van der Waals surface area contributed by atoms with E-state index in [1.54, 1.807) is 91.4 Å². The van der Waals surface area contributed by atoms with Crippen LogP contribution in [0.5, 0.6) is 5.75 Å². The van der Waals surface area contributed by atoms with Gasteiger partial charge in [0.15, 0.2) is 0 Å². The second-order valence-corrected chi connectivity index (χ2v) is 8.44. The summed E-state index contributed by atoms with van der Waals surface area (Å²) in [6, 6.07) is 21.7. The molecule has 0 unspecified atom stereocenters. The number of esters is 1. The second-order valence-electron chi connectivity index (χ2n) is 8.03. The molecule has 0 radical (unpaired) electrons. The van der Waals surface area contributed by atoms with E-state index < -0.39 is 23.3 Å². The maximum Gasteiger partial charge on any atom is 0.345 e. The van der Waals surface area contributed by atoms with Gasteiger partial charge in [-0.2, -0.15) is 5.10 Å². The van der Waals surface area contributed by atoms with Gasteiger partial charge >= 0.3 is 17.8 Å². The second kappa shape index (κ2) is 11.4. The van der Waals surface area contributed by atoms with Crippen LogP contribution < -0.4 is 21.0 Å². The van der Waals surface area contributed by atoms with E-state index in [2.05, 4.69) is 15.8 Å². The number of hydrogen-bond donors (Lipinski definition) is 2. The van der Waals surface area contributed by atoms with E-state index in [1.807, 2.05) is 6.07 Å². The molecular formula is C27H22ClN5O5. The predicted molar refractivity (Wildman–Crippen MR) is 143 cm³/mol. The standard InChI is InChI=1S/C27H22ClN5O5/c1-17-23(26(36)33(32(17)2)19-8-4-3-5-9-19)30-24(34)25(35)31-29-16-18-12-14-20(15-13-18)38-27(37)21-10-6-7-11-22(21)28/h3-16H,1-2H3,(H,30,34)(H,31,35)/b29-16+. The van der Waals surface area contributed by atoms with E-state index in [1.165, 1.54) is 10.9 Å². The van der Waals surface area contributed by atoms with E-state index in [4.69, 9.17) is 16.3 Å². The number of hydrazone groups is 1. The molecule has 38 heavy (non-hydrogen) atoms. The van der Waals surface area contributed by atoms with Crippen molar-refractivity contribution in [2.75, 3.05) is 5.32 Å². The van der Waals surface area contributed by atoms with Crippen LogP contribution in [0.1, 0.15) is 21.6 Å². The Morgan fingerprint density at radius 2 is 1.58 bits per heavy atom. The quantitative estimate of drug-likeness (QED) is 0.130. The Morgan fingerprint density at radius 3 is 2.26 bits per heavy atom. The topological polar surface area (TPSA) is 124 Å². The molecule has 0 spiro atoms. The van der Waals surface area contributed by atoms with Gasteiger partial charge in [-0.25, -0.2) is 14.9 Å². The Bertz CT molecular complexity index is 1590. The number of hydrogen-bond acceptors (Lipinski definition) is 6. The van der Waals surface area contributed by atoms with Crippen molar-refractivity contribution in [3.63, 3.8) is 0 Å².